The first-order valence-electron chi connectivity index (χ1n) is 6.58. The van der Waals surface area contributed by atoms with E-state index in [1.165, 1.54) is 23.4 Å². The Labute approximate surface area is 123 Å². The third-order valence-corrected chi connectivity index (χ3v) is 4.60. The van der Waals surface area contributed by atoms with Gasteiger partial charge in [-0.15, -0.1) is 22.9 Å². The third-order valence-electron chi connectivity index (χ3n) is 3.45. The summed E-state index contributed by atoms with van der Waals surface area (Å²) in [5.74, 6) is 0.524. The van der Waals surface area contributed by atoms with Gasteiger partial charge in [0.25, 0.3) is 0 Å². The van der Waals surface area contributed by atoms with Gasteiger partial charge in [0.1, 0.15) is 0 Å². The van der Waals surface area contributed by atoms with Crippen molar-refractivity contribution in [2.45, 2.75) is 38.2 Å². The van der Waals surface area contributed by atoms with Crippen molar-refractivity contribution in [1.82, 2.24) is 4.98 Å². The van der Waals surface area contributed by atoms with E-state index in [0.717, 1.165) is 17.8 Å². The molecule has 19 heavy (non-hydrogen) atoms. The van der Waals surface area contributed by atoms with Gasteiger partial charge in [-0.25, -0.2) is 0 Å². The van der Waals surface area contributed by atoms with Crippen LogP contribution in [-0.4, -0.2) is 11.0 Å². The Bertz CT molecular complexity index is 549. The second-order valence-corrected chi connectivity index (χ2v) is 6.33. The Morgan fingerprint density at radius 1 is 1.47 bits per heavy atom. The molecule has 1 aliphatic rings. The van der Waals surface area contributed by atoms with Gasteiger partial charge in [0, 0.05) is 34.1 Å². The van der Waals surface area contributed by atoms with E-state index in [1.807, 2.05) is 24.5 Å². The Balaban J connectivity index is 1.93. The summed E-state index contributed by atoms with van der Waals surface area (Å²) >= 11 is 7.89. The predicted octanol–water partition coefficient (Wildman–Crippen LogP) is 4.36. The summed E-state index contributed by atoms with van der Waals surface area (Å²) < 4.78 is 0. The zero-order valence-electron chi connectivity index (χ0n) is 11.0. The van der Waals surface area contributed by atoms with E-state index in [0.29, 0.717) is 11.9 Å². The fourth-order valence-corrected chi connectivity index (χ4v) is 3.22. The Kier molecular flexibility index (Phi) is 3.76. The van der Waals surface area contributed by atoms with Crippen LogP contribution < -0.4 is 4.90 Å². The van der Waals surface area contributed by atoms with Gasteiger partial charge in [0.05, 0.1) is 12.4 Å². The summed E-state index contributed by atoms with van der Waals surface area (Å²) in [6.07, 6.45) is 4.49. The molecule has 0 radical (unpaired) electrons. The molecule has 0 aliphatic heterocycles. The maximum absolute atomic E-state index is 6.07. The molecule has 0 bridgehead atoms. The van der Waals surface area contributed by atoms with Gasteiger partial charge in [-0.3, -0.25) is 4.98 Å². The zero-order chi connectivity index (χ0) is 13.2. The van der Waals surface area contributed by atoms with Gasteiger partial charge in [-0.2, -0.15) is 0 Å². The number of nitrogens with zero attached hydrogens (tertiary/aromatic N) is 2. The monoisotopic (exact) mass is 292 g/mol. The SMILES string of the molecule is Cc1cc(N(Cc2cccs2)C2CC2)c(CCl)cn1. The quantitative estimate of drug-likeness (QED) is 0.761. The van der Waals surface area contributed by atoms with Crippen molar-refractivity contribution < 1.29 is 0 Å². The minimum atomic E-state index is 0.524. The lowest BCUT2D eigenvalue weighted by atomic mass is 10.2. The molecule has 0 N–H and O–H groups in total. The minimum Gasteiger partial charge on any atom is -0.363 e. The zero-order valence-corrected chi connectivity index (χ0v) is 12.5. The highest BCUT2D eigenvalue weighted by Gasteiger charge is 2.30. The van der Waals surface area contributed by atoms with Crippen LogP contribution in [0.2, 0.25) is 0 Å². The number of alkyl halides is 1. The first kappa shape index (κ1) is 12.9. The minimum absolute atomic E-state index is 0.524. The van der Waals surface area contributed by atoms with E-state index in [9.17, 15) is 0 Å². The number of rotatable bonds is 5. The van der Waals surface area contributed by atoms with Gasteiger partial charge < -0.3 is 4.90 Å². The van der Waals surface area contributed by atoms with Gasteiger partial charge in [0.15, 0.2) is 0 Å². The van der Waals surface area contributed by atoms with Gasteiger partial charge in [0.2, 0.25) is 0 Å². The average Bonchev–Trinajstić information content (AvgIpc) is 3.13. The molecule has 0 saturated heterocycles. The molecule has 1 saturated carbocycles. The highest BCUT2D eigenvalue weighted by Crippen LogP contribution is 2.36. The number of hydrogen-bond donors (Lipinski definition) is 0. The number of anilines is 1. The standard InChI is InChI=1S/C15H17ClN2S/c1-11-7-15(12(8-16)9-17-11)18(13-4-5-13)10-14-3-2-6-19-14/h2-3,6-7,9,13H,4-5,8,10H2,1H3. The molecule has 0 spiro atoms. The average molecular weight is 293 g/mol. The van der Waals surface area contributed by atoms with E-state index in [2.05, 4.69) is 33.5 Å². The van der Waals surface area contributed by atoms with Crippen molar-refractivity contribution in [1.29, 1.82) is 0 Å². The highest BCUT2D eigenvalue weighted by molar-refractivity contribution is 7.09. The normalized spacial score (nSPS) is 14.6. The van der Waals surface area contributed by atoms with Crippen molar-refractivity contribution in [2.75, 3.05) is 4.90 Å². The summed E-state index contributed by atoms with van der Waals surface area (Å²) in [5.41, 5.74) is 3.45. The van der Waals surface area contributed by atoms with Crippen LogP contribution in [-0.2, 0) is 12.4 Å². The number of hydrogen-bond acceptors (Lipinski definition) is 3. The summed E-state index contributed by atoms with van der Waals surface area (Å²) in [4.78, 5) is 8.26. The second kappa shape index (κ2) is 5.51. The maximum Gasteiger partial charge on any atom is 0.0526 e. The van der Waals surface area contributed by atoms with Crippen molar-refractivity contribution in [3.63, 3.8) is 0 Å². The molecule has 0 atom stereocenters. The lowest BCUT2D eigenvalue weighted by molar-refractivity contribution is 0.796. The molecule has 1 fully saturated rings. The lowest BCUT2D eigenvalue weighted by Crippen LogP contribution is -2.25. The van der Waals surface area contributed by atoms with E-state index in [1.54, 1.807) is 0 Å². The predicted molar refractivity (Wildman–Crippen MR) is 82.1 cm³/mol. The first-order valence-corrected chi connectivity index (χ1v) is 8.00. The van der Waals surface area contributed by atoms with Gasteiger partial charge in [-0.1, -0.05) is 6.07 Å². The van der Waals surface area contributed by atoms with Gasteiger partial charge >= 0.3 is 0 Å². The van der Waals surface area contributed by atoms with E-state index >= 15 is 0 Å². The first-order chi connectivity index (χ1) is 9.28. The number of halogens is 1. The summed E-state index contributed by atoms with van der Waals surface area (Å²) in [7, 11) is 0. The lowest BCUT2D eigenvalue weighted by Gasteiger charge is -2.26. The fourth-order valence-electron chi connectivity index (χ4n) is 2.31. The van der Waals surface area contributed by atoms with E-state index < -0.39 is 0 Å². The molecule has 1 aliphatic carbocycles. The maximum atomic E-state index is 6.07. The van der Waals surface area contributed by atoms with Crippen LogP contribution in [0.1, 0.15) is 29.0 Å². The number of pyridine rings is 1. The molecule has 0 aromatic carbocycles. The van der Waals surface area contributed by atoms with E-state index in [-0.39, 0.29) is 0 Å². The van der Waals surface area contributed by atoms with Crippen molar-refractivity contribution in [3.05, 3.63) is 45.9 Å². The number of thiophene rings is 1. The summed E-state index contributed by atoms with van der Waals surface area (Å²) in [5, 5.41) is 2.14. The largest absolute Gasteiger partial charge is 0.363 e. The van der Waals surface area contributed by atoms with E-state index in [4.69, 9.17) is 11.6 Å². The number of aromatic nitrogens is 1. The Morgan fingerprint density at radius 3 is 2.95 bits per heavy atom. The smallest absolute Gasteiger partial charge is 0.0526 e. The Morgan fingerprint density at radius 2 is 2.32 bits per heavy atom. The summed E-state index contributed by atoms with van der Waals surface area (Å²) in [6.45, 7) is 3.02. The third kappa shape index (κ3) is 2.93. The summed E-state index contributed by atoms with van der Waals surface area (Å²) in [6, 6.07) is 7.16. The fraction of sp³-hybridized carbons (Fsp3) is 0.400. The molecule has 100 valence electrons. The van der Waals surface area contributed by atoms with Crippen molar-refractivity contribution >= 4 is 28.6 Å². The number of aryl methyl sites for hydroxylation is 1. The van der Waals surface area contributed by atoms with Crippen LogP contribution >= 0.6 is 22.9 Å². The van der Waals surface area contributed by atoms with Crippen molar-refractivity contribution in [3.8, 4) is 0 Å². The molecule has 0 amide bonds. The molecular formula is C15H17ClN2S. The van der Waals surface area contributed by atoms with Crippen LogP contribution in [0.4, 0.5) is 5.69 Å². The second-order valence-electron chi connectivity index (χ2n) is 5.03. The Hall–Kier alpha value is -1.06. The molecule has 3 rings (SSSR count). The molecule has 0 unspecified atom stereocenters. The molecule has 2 nitrogen and oxygen atoms in total. The molecule has 4 heteroatoms. The van der Waals surface area contributed by atoms with Crippen LogP contribution in [0, 0.1) is 6.92 Å². The molecule has 2 aromatic rings. The molecular weight excluding hydrogens is 276 g/mol. The van der Waals surface area contributed by atoms with Crippen LogP contribution in [0.5, 0.6) is 0 Å². The van der Waals surface area contributed by atoms with Gasteiger partial charge in [-0.05, 0) is 37.3 Å². The molecule has 2 aromatic heterocycles. The van der Waals surface area contributed by atoms with Crippen molar-refractivity contribution in [2.24, 2.45) is 0 Å². The highest BCUT2D eigenvalue weighted by atomic mass is 35.5. The van der Waals surface area contributed by atoms with Crippen LogP contribution in [0.15, 0.2) is 29.8 Å². The topological polar surface area (TPSA) is 16.1 Å². The molecule has 2 heterocycles. The van der Waals surface area contributed by atoms with Crippen LogP contribution in [0.3, 0.4) is 0 Å². The van der Waals surface area contributed by atoms with Crippen LogP contribution in [0.25, 0.3) is 0 Å².